The Kier molecular flexibility index (Phi) is 11.5. The summed E-state index contributed by atoms with van der Waals surface area (Å²) in [7, 11) is 0. The van der Waals surface area contributed by atoms with Crippen LogP contribution in [0.4, 0.5) is 0 Å². The van der Waals surface area contributed by atoms with Crippen LogP contribution < -0.4 is 5.32 Å². The van der Waals surface area contributed by atoms with Crippen molar-refractivity contribution in [1.82, 2.24) is 5.32 Å². The summed E-state index contributed by atoms with van der Waals surface area (Å²) >= 11 is 0. The summed E-state index contributed by atoms with van der Waals surface area (Å²) in [6, 6.07) is 0. The van der Waals surface area contributed by atoms with Crippen LogP contribution in [0.5, 0.6) is 0 Å². The summed E-state index contributed by atoms with van der Waals surface area (Å²) in [5.74, 6) is -0.516. The quantitative estimate of drug-likeness (QED) is 0.383. The Labute approximate surface area is 102 Å². The second-order valence-corrected chi connectivity index (χ2v) is 4.23. The van der Waals surface area contributed by atoms with Crippen LogP contribution in [0.15, 0.2) is 0 Å². The van der Waals surface area contributed by atoms with E-state index < -0.39 is 17.4 Å². The van der Waals surface area contributed by atoms with Crippen molar-refractivity contribution in [2.45, 2.75) is 33.3 Å². The van der Waals surface area contributed by atoms with Crippen molar-refractivity contribution in [3.05, 3.63) is 0 Å². The van der Waals surface area contributed by atoms with Gasteiger partial charge in [0.15, 0.2) is 0 Å². The molecule has 0 fully saturated rings. The maximum atomic E-state index is 11.3. The molecule has 0 unspecified atom stereocenters. The maximum Gasteiger partial charge on any atom is 0.249 e. The molecule has 0 saturated carbocycles. The number of aliphatic hydroxyl groups is 4. The molecule has 0 rings (SSSR count). The highest BCUT2D eigenvalue weighted by Gasteiger charge is 2.32. The van der Waals surface area contributed by atoms with E-state index in [0.717, 1.165) is 0 Å². The van der Waals surface area contributed by atoms with Gasteiger partial charge in [0.1, 0.15) is 6.10 Å². The van der Waals surface area contributed by atoms with Crippen LogP contribution in [0, 0.1) is 5.41 Å². The average molecular weight is 251 g/mol. The summed E-state index contributed by atoms with van der Waals surface area (Å²) in [5, 5.41) is 36.9. The van der Waals surface area contributed by atoms with Crippen LogP contribution in [0.1, 0.15) is 27.2 Å². The molecule has 6 nitrogen and oxygen atoms in total. The van der Waals surface area contributed by atoms with Crippen molar-refractivity contribution in [1.29, 1.82) is 0 Å². The first-order chi connectivity index (χ1) is 7.87. The van der Waals surface area contributed by atoms with E-state index in [0.29, 0.717) is 13.0 Å². The van der Waals surface area contributed by atoms with Gasteiger partial charge < -0.3 is 25.7 Å². The number of carbonyl (C=O) groups is 1. The van der Waals surface area contributed by atoms with Crippen LogP contribution in [0.2, 0.25) is 0 Å². The second-order valence-electron chi connectivity index (χ2n) is 4.23. The number of hydrogen-bond acceptors (Lipinski definition) is 5. The van der Waals surface area contributed by atoms with E-state index in [9.17, 15) is 9.90 Å². The molecule has 0 heterocycles. The van der Waals surface area contributed by atoms with E-state index in [-0.39, 0.29) is 19.8 Å². The van der Waals surface area contributed by atoms with Gasteiger partial charge in [-0.1, -0.05) is 13.8 Å². The minimum Gasteiger partial charge on any atom is -0.397 e. The monoisotopic (exact) mass is 251 g/mol. The standard InChI is InChI=1S/C9H19NO4.C2H6O/c1-9(2,6-12)7(13)8(14)10-4-3-5-11;1-2-3/h7,11-13H,3-6H2,1-2H3,(H,10,14);3H,2H2,1H3/t7-;/m0./s1. The lowest BCUT2D eigenvalue weighted by molar-refractivity contribution is -0.137. The van der Waals surface area contributed by atoms with Crippen molar-refractivity contribution >= 4 is 5.91 Å². The fourth-order valence-corrected chi connectivity index (χ4v) is 0.829. The van der Waals surface area contributed by atoms with E-state index in [4.69, 9.17) is 15.3 Å². The highest BCUT2D eigenvalue weighted by molar-refractivity contribution is 5.81. The zero-order chi connectivity index (χ0) is 13.9. The average Bonchev–Trinajstić information content (AvgIpc) is 2.29. The number of rotatable bonds is 6. The highest BCUT2D eigenvalue weighted by Crippen LogP contribution is 2.19. The van der Waals surface area contributed by atoms with Crippen LogP contribution in [-0.4, -0.2) is 58.8 Å². The molecule has 5 N–H and O–H groups in total. The lowest BCUT2D eigenvalue weighted by atomic mass is 9.87. The maximum absolute atomic E-state index is 11.3. The zero-order valence-electron chi connectivity index (χ0n) is 10.8. The number of amides is 1. The van der Waals surface area contributed by atoms with Gasteiger partial charge in [-0.25, -0.2) is 0 Å². The molecule has 0 aliphatic rings. The minimum absolute atomic E-state index is 0.000230. The Bertz CT molecular complexity index is 196. The Morgan fingerprint density at radius 1 is 1.29 bits per heavy atom. The molecule has 0 radical (unpaired) electrons. The van der Waals surface area contributed by atoms with Gasteiger partial charge in [0.25, 0.3) is 0 Å². The fraction of sp³-hybridized carbons (Fsp3) is 0.909. The zero-order valence-corrected chi connectivity index (χ0v) is 10.8. The lowest BCUT2D eigenvalue weighted by Gasteiger charge is -2.27. The van der Waals surface area contributed by atoms with Gasteiger partial charge in [0.2, 0.25) is 5.91 Å². The number of nitrogens with one attached hydrogen (secondary N) is 1. The van der Waals surface area contributed by atoms with Crippen LogP contribution in [0.3, 0.4) is 0 Å². The first-order valence-electron chi connectivity index (χ1n) is 5.65. The van der Waals surface area contributed by atoms with Gasteiger partial charge in [0, 0.05) is 25.2 Å². The van der Waals surface area contributed by atoms with E-state index >= 15 is 0 Å². The Balaban J connectivity index is 0. The van der Waals surface area contributed by atoms with Crippen molar-refractivity contribution in [2.75, 3.05) is 26.4 Å². The van der Waals surface area contributed by atoms with Gasteiger partial charge in [-0.05, 0) is 13.3 Å². The molecular weight excluding hydrogens is 226 g/mol. The molecule has 0 aromatic carbocycles. The molecule has 0 aromatic rings. The SMILES string of the molecule is CC(C)(CO)[C@@H](O)C(=O)NCCCO.CCO. The van der Waals surface area contributed by atoms with Gasteiger partial charge in [0.05, 0.1) is 6.61 Å². The lowest BCUT2D eigenvalue weighted by Crippen LogP contribution is -2.45. The largest absolute Gasteiger partial charge is 0.397 e. The molecule has 0 aromatic heterocycles. The number of carbonyl (C=O) groups excluding carboxylic acids is 1. The van der Waals surface area contributed by atoms with Gasteiger partial charge >= 0.3 is 0 Å². The number of hydrogen-bond donors (Lipinski definition) is 5. The highest BCUT2D eigenvalue weighted by atomic mass is 16.3. The molecule has 17 heavy (non-hydrogen) atoms. The predicted molar refractivity (Wildman–Crippen MR) is 64.3 cm³/mol. The Hall–Kier alpha value is -0.690. The smallest absolute Gasteiger partial charge is 0.249 e. The second kappa shape index (κ2) is 10.5. The van der Waals surface area contributed by atoms with Crippen molar-refractivity contribution in [3.63, 3.8) is 0 Å². The molecule has 1 amide bonds. The van der Waals surface area contributed by atoms with Crippen molar-refractivity contribution in [3.8, 4) is 0 Å². The minimum atomic E-state index is -1.23. The van der Waals surface area contributed by atoms with Crippen LogP contribution in [-0.2, 0) is 4.79 Å². The molecule has 0 aliphatic heterocycles. The summed E-state index contributed by atoms with van der Waals surface area (Å²) < 4.78 is 0. The van der Waals surface area contributed by atoms with E-state index in [2.05, 4.69) is 5.32 Å². The first kappa shape index (κ1) is 18.7. The predicted octanol–water partition coefficient (Wildman–Crippen LogP) is -1.14. The third-order valence-corrected chi connectivity index (χ3v) is 2.03. The fourth-order valence-electron chi connectivity index (χ4n) is 0.829. The molecule has 6 heteroatoms. The van der Waals surface area contributed by atoms with Crippen LogP contribution in [0.25, 0.3) is 0 Å². The van der Waals surface area contributed by atoms with E-state index in [1.165, 1.54) is 0 Å². The first-order valence-corrected chi connectivity index (χ1v) is 5.65. The molecule has 0 aliphatic carbocycles. The molecule has 0 saturated heterocycles. The van der Waals surface area contributed by atoms with Crippen molar-refractivity contribution in [2.24, 2.45) is 5.41 Å². The molecular formula is C11H25NO5. The molecule has 1 atom stereocenters. The third-order valence-electron chi connectivity index (χ3n) is 2.03. The van der Waals surface area contributed by atoms with E-state index in [1.54, 1.807) is 20.8 Å². The molecule has 0 bridgehead atoms. The van der Waals surface area contributed by atoms with Gasteiger partial charge in [-0.15, -0.1) is 0 Å². The molecule has 104 valence electrons. The van der Waals surface area contributed by atoms with Crippen LogP contribution >= 0.6 is 0 Å². The van der Waals surface area contributed by atoms with Gasteiger partial charge in [-0.3, -0.25) is 4.79 Å². The molecule has 0 spiro atoms. The topological polar surface area (TPSA) is 110 Å². The summed E-state index contributed by atoms with van der Waals surface area (Å²) in [4.78, 5) is 11.3. The number of aliphatic hydroxyl groups excluding tert-OH is 4. The summed E-state index contributed by atoms with van der Waals surface area (Å²) in [6.45, 7) is 5.20. The van der Waals surface area contributed by atoms with Crippen molar-refractivity contribution < 1.29 is 25.2 Å². The summed E-state index contributed by atoms with van der Waals surface area (Å²) in [5.41, 5.74) is -0.844. The Morgan fingerprint density at radius 2 is 1.76 bits per heavy atom. The normalized spacial score (nSPS) is 12.4. The van der Waals surface area contributed by atoms with Gasteiger partial charge in [-0.2, -0.15) is 0 Å². The van der Waals surface area contributed by atoms with E-state index in [1.807, 2.05) is 0 Å². The summed E-state index contributed by atoms with van der Waals surface area (Å²) in [6.07, 6.45) is -0.774. The Morgan fingerprint density at radius 3 is 2.12 bits per heavy atom. The third kappa shape index (κ3) is 9.05.